The number of primary amides is 1. The predicted octanol–water partition coefficient (Wildman–Crippen LogP) is 3.86. The summed E-state index contributed by atoms with van der Waals surface area (Å²) in [5, 5.41) is 5.56. The summed E-state index contributed by atoms with van der Waals surface area (Å²) in [5.41, 5.74) is 7.16. The van der Waals surface area contributed by atoms with Crippen molar-refractivity contribution in [1.29, 1.82) is 0 Å². The Hall–Kier alpha value is -3.59. The number of rotatable bonds is 8. The molecular weight excluding hydrogens is 484 g/mol. The van der Waals surface area contributed by atoms with Gasteiger partial charge in [-0.1, -0.05) is 53.6 Å². The molecule has 10 heteroatoms. The maximum atomic E-state index is 13.5. The van der Waals surface area contributed by atoms with Crippen LogP contribution in [-0.4, -0.2) is 47.4 Å². The number of aryl methyl sites for hydroxylation is 2. The zero-order chi connectivity index (χ0) is 27.2. The third-order valence-corrected chi connectivity index (χ3v) is 5.56. The first-order valence-electron chi connectivity index (χ1n) is 11.4. The third kappa shape index (κ3) is 7.98. The number of benzene rings is 2. The number of para-hydroxylation sites is 1. The van der Waals surface area contributed by atoms with Crippen LogP contribution < -0.4 is 16.4 Å². The summed E-state index contributed by atoms with van der Waals surface area (Å²) >= 11 is 6.30. The molecule has 0 spiro atoms. The van der Waals surface area contributed by atoms with E-state index in [1.54, 1.807) is 58.0 Å². The number of carbonyl (C=O) groups excluding carboxylic acids is 4. The van der Waals surface area contributed by atoms with E-state index in [2.05, 4.69) is 10.6 Å². The smallest absolute Gasteiger partial charge is 0.408 e. The fourth-order valence-corrected chi connectivity index (χ4v) is 3.77. The van der Waals surface area contributed by atoms with Crippen molar-refractivity contribution in [2.24, 2.45) is 5.73 Å². The Morgan fingerprint density at radius 3 is 2.19 bits per heavy atom. The van der Waals surface area contributed by atoms with E-state index < -0.39 is 47.9 Å². The molecule has 2 unspecified atom stereocenters. The van der Waals surface area contributed by atoms with Crippen molar-refractivity contribution in [2.45, 2.75) is 58.7 Å². The van der Waals surface area contributed by atoms with Crippen LogP contribution in [0.5, 0.6) is 0 Å². The van der Waals surface area contributed by atoms with Gasteiger partial charge >= 0.3 is 6.09 Å². The van der Waals surface area contributed by atoms with Gasteiger partial charge in [0, 0.05) is 7.05 Å². The first-order valence-corrected chi connectivity index (χ1v) is 11.7. The van der Waals surface area contributed by atoms with Gasteiger partial charge in [0.1, 0.15) is 17.7 Å². The molecule has 4 amide bonds. The molecule has 0 fully saturated rings. The molecule has 2 atom stereocenters. The van der Waals surface area contributed by atoms with Crippen molar-refractivity contribution in [3.05, 3.63) is 64.2 Å². The molecule has 2 aromatic rings. The summed E-state index contributed by atoms with van der Waals surface area (Å²) in [6, 6.07) is 9.84. The van der Waals surface area contributed by atoms with E-state index in [4.69, 9.17) is 22.1 Å². The number of amides is 4. The van der Waals surface area contributed by atoms with Gasteiger partial charge in [-0.2, -0.15) is 0 Å². The highest BCUT2D eigenvalue weighted by atomic mass is 35.5. The molecule has 0 aliphatic heterocycles. The highest BCUT2D eigenvalue weighted by Gasteiger charge is 2.35. The second kappa shape index (κ2) is 11.9. The van der Waals surface area contributed by atoms with Gasteiger partial charge < -0.3 is 26.0 Å². The van der Waals surface area contributed by atoms with Crippen molar-refractivity contribution < 1.29 is 23.9 Å². The molecule has 2 aromatic carbocycles. The predicted molar refractivity (Wildman–Crippen MR) is 138 cm³/mol. The molecule has 0 saturated carbocycles. The van der Waals surface area contributed by atoms with Crippen molar-refractivity contribution in [2.75, 3.05) is 12.4 Å². The van der Waals surface area contributed by atoms with Crippen LogP contribution >= 0.6 is 11.6 Å². The Bertz CT molecular complexity index is 1110. The monoisotopic (exact) mass is 516 g/mol. The fraction of sp³-hybridized carbons (Fsp3) is 0.385. The summed E-state index contributed by atoms with van der Waals surface area (Å²) in [6.07, 6.45) is -1.37. The van der Waals surface area contributed by atoms with Gasteiger partial charge in [-0.3, -0.25) is 14.4 Å². The number of nitrogens with one attached hydrogen (secondary N) is 2. The van der Waals surface area contributed by atoms with Crippen LogP contribution in [0.2, 0.25) is 5.02 Å². The molecule has 0 bridgehead atoms. The number of anilines is 1. The minimum atomic E-state index is -1.34. The fourth-order valence-electron chi connectivity index (χ4n) is 3.51. The number of nitrogens with zero attached hydrogens (tertiary/aromatic N) is 1. The minimum absolute atomic E-state index is 0.346. The molecule has 0 radical (unpaired) electrons. The Labute approximate surface area is 216 Å². The van der Waals surface area contributed by atoms with Crippen LogP contribution in [0.3, 0.4) is 0 Å². The number of alkyl carbamates (subject to hydrolysis) is 1. The van der Waals surface area contributed by atoms with E-state index in [0.29, 0.717) is 16.3 Å². The van der Waals surface area contributed by atoms with Crippen LogP contribution in [0.25, 0.3) is 0 Å². The van der Waals surface area contributed by atoms with E-state index in [0.717, 1.165) is 16.0 Å². The van der Waals surface area contributed by atoms with Gasteiger partial charge in [0.05, 0.1) is 17.1 Å². The van der Waals surface area contributed by atoms with Gasteiger partial charge in [0.25, 0.3) is 5.91 Å². The molecule has 0 aliphatic carbocycles. The normalized spacial score (nSPS) is 12.8. The first-order chi connectivity index (χ1) is 16.7. The van der Waals surface area contributed by atoms with E-state index in [9.17, 15) is 19.2 Å². The third-order valence-electron chi connectivity index (χ3n) is 5.24. The van der Waals surface area contributed by atoms with Gasteiger partial charge in [-0.25, -0.2) is 4.79 Å². The number of halogens is 1. The second-order valence-corrected chi connectivity index (χ2v) is 9.96. The van der Waals surface area contributed by atoms with Crippen LogP contribution in [0.1, 0.15) is 49.9 Å². The highest BCUT2D eigenvalue weighted by Crippen LogP contribution is 2.29. The summed E-state index contributed by atoms with van der Waals surface area (Å²) in [7, 11) is 1.41. The molecule has 194 valence electrons. The van der Waals surface area contributed by atoms with Gasteiger partial charge in [-0.05, 0) is 51.8 Å². The largest absolute Gasteiger partial charge is 0.444 e. The number of hydrogen-bond donors (Lipinski definition) is 3. The van der Waals surface area contributed by atoms with Gasteiger partial charge in [0.15, 0.2) is 0 Å². The van der Waals surface area contributed by atoms with E-state index >= 15 is 0 Å². The molecule has 0 saturated heterocycles. The Balaban J connectivity index is 2.42. The van der Waals surface area contributed by atoms with E-state index in [1.807, 2.05) is 19.1 Å². The SMILES string of the molecule is Cc1ccc(C(C(=O)Nc2c(C)cccc2Cl)N(C)C(=O)C(CC(N)=O)NC(=O)OC(C)(C)C)cc1. The lowest BCUT2D eigenvalue weighted by molar-refractivity contribution is -0.140. The van der Waals surface area contributed by atoms with Crippen LogP contribution in [0.15, 0.2) is 42.5 Å². The molecule has 9 nitrogen and oxygen atoms in total. The lowest BCUT2D eigenvalue weighted by atomic mass is 10.0. The summed E-state index contributed by atoms with van der Waals surface area (Å²) in [5.74, 6) is -2.03. The van der Waals surface area contributed by atoms with Crippen molar-refractivity contribution in [3.8, 4) is 0 Å². The molecule has 36 heavy (non-hydrogen) atoms. The first kappa shape index (κ1) is 28.6. The average Bonchev–Trinajstić information content (AvgIpc) is 2.75. The van der Waals surface area contributed by atoms with Gasteiger partial charge in [-0.15, -0.1) is 0 Å². The molecular formula is C26H33ClN4O5. The minimum Gasteiger partial charge on any atom is -0.444 e. The summed E-state index contributed by atoms with van der Waals surface area (Å²) < 4.78 is 5.22. The van der Waals surface area contributed by atoms with E-state index in [-0.39, 0.29) is 0 Å². The standard InChI is InChI=1S/C26H33ClN4O5/c1-15-10-12-17(13-11-15)22(23(33)30-21-16(2)8-7-9-18(21)27)31(6)24(34)19(14-20(28)32)29-25(35)36-26(3,4)5/h7-13,19,22H,14H2,1-6H3,(H2,28,32)(H,29,35)(H,30,33). The average molecular weight is 517 g/mol. The van der Waals surface area contributed by atoms with Crippen LogP contribution in [0, 0.1) is 13.8 Å². The number of hydrogen-bond acceptors (Lipinski definition) is 5. The van der Waals surface area contributed by atoms with Gasteiger partial charge in [0.2, 0.25) is 11.8 Å². The van der Waals surface area contributed by atoms with Crippen LogP contribution in [-0.2, 0) is 19.1 Å². The zero-order valence-electron chi connectivity index (χ0n) is 21.3. The van der Waals surface area contributed by atoms with Crippen molar-refractivity contribution in [3.63, 3.8) is 0 Å². The maximum absolute atomic E-state index is 13.5. The molecule has 0 aliphatic rings. The topological polar surface area (TPSA) is 131 Å². The highest BCUT2D eigenvalue weighted by molar-refractivity contribution is 6.34. The second-order valence-electron chi connectivity index (χ2n) is 9.55. The summed E-state index contributed by atoms with van der Waals surface area (Å²) in [6.45, 7) is 8.69. The lowest BCUT2D eigenvalue weighted by Gasteiger charge is -2.31. The lowest BCUT2D eigenvalue weighted by Crippen LogP contribution is -2.52. The number of nitrogens with two attached hydrogens (primary N) is 1. The zero-order valence-corrected chi connectivity index (χ0v) is 22.1. The van der Waals surface area contributed by atoms with Crippen molar-refractivity contribution in [1.82, 2.24) is 10.2 Å². The number of likely N-dealkylation sites (N-methyl/N-ethyl adjacent to an activating group) is 1. The Morgan fingerprint density at radius 1 is 1.06 bits per heavy atom. The quantitative estimate of drug-likeness (QED) is 0.490. The molecule has 0 heterocycles. The van der Waals surface area contributed by atoms with Crippen molar-refractivity contribution >= 4 is 41.1 Å². The molecule has 0 aromatic heterocycles. The molecule has 2 rings (SSSR count). The summed E-state index contributed by atoms with van der Waals surface area (Å²) in [4.78, 5) is 52.2. The number of ether oxygens (including phenoxy) is 1. The number of carbonyl (C=O) groups is 4. The van der Waals surface area contributed by atoms with Crippen LogP contribution in [0.4, 0.5) is 10.5 Å². The maximum Gasteiger partial charge on any atom is 0.408 e. The molecule has 4 N–H and O–H groups in total. The van der Waals surface area contributed by atoms with E-state index in [1.165, 1.54) is 7.05 Å². The Kier molecular flexibility index (Phi) is 9.47. The Morgan fingerprint density at radius 2 is 1.67 bits per heavy atom.